The average Bonchev–Trinajstić information content (AvgIpc) is 2.34. The minimum absolute atomic E-state index is 0.122. The van der Waals surface area contributed by atoms with Gasteiger partial charge < -0.3 is 9.53 Å². The second-order valence-corrected chi connectivity index (χ2v) is 4.53. The molecule has 98 valence electrons. The molecule has 0 spiro atoms. The van der Waals surface area contributed by atoms with E-state index < -0.39 is 0 Å². The summed E-state index contributed by atoms with van der Waals surface area (Å²) < 4.78 is 5.51. The Bertz CT molecular complexity index is 379. The number of ketones is 1. The van der Waals surface area contributed by atoms with Crippen molar-refractivity contribution < 1.29 is 14.3 Å². The first-order valence-corrected chi connectivity index (χ1v) is 6.37. The third-order valence-corrected chi connectivity index (χ3v) is 2.52. The summed E-state index contributed by atoms with van der Waals surface area (Å²) in [5, 5.41) is 0. The zero-order chi connectivity index (χ0) is 13.4. The molecule has 0 aliphatic carbocycles. The molecule has 3 nitrogen and oxygen atoms in total. The smallest absolute Gasteiger partial charge is 0.162 e. The Balaban J connectivity index is 2.46. The standard InChI is InChI=1S/C15H20O3/c1-12(2)18-14-9-7-13(8-10-14)15(17)6-4-3-5-11-16/h7-12H,3-6H2,1-2H3. The van der Waals surface area contributed by atoms with Crippen LogP contribution in [0.1, 0.15) is 49.9 Å². The van der Waals surface area contributed by atoms with Crippen molar-refractivity contribution in [1.82, 2.24) is 0 Å². The van der Waals surface area contributed by atoms with Crippen LogP contribution in [0.15, 0.2) is 24.3 Å². The fourth-order valence-corrected chi connectivity index (χ4v) is 1.65. The van der Waals surface area contributed by atoms with Crippen LogP contribution < -0.4 is 4.74 Å². The molecule has 0 aromatic heterocycles. The summed E-state index contributed by atoms with van der Waals surface area (Å²) in [4.78, 5) is 22.0. The van der Waals surface area contributed by atoms with Gasteiger partial charge in [0.25, 0.3) is 0 Å². The van der Waals surface area contributed by atoms with E-state index in [9.17, 15) is 9.59 Å². The predicted octanol–water partition coefficient (Wildman–Crippen LogP) is 3.42. The number of unbranched alkanes of at least 4 members (excludes halogenated alkanes) is 2. The normalized spacial score (nSPS) is 10.4. The lowest BCUT2D eigenvalue weighted by Gasteiger charge is -2.09. The van der Waals surface area contributed by atoms with E-state index in [4.69, 9.17) is 4.74 Å². The van der Waals surface area contributed by atoms with Gasteiger partial charge >= 0.3 is 0 Å². The Morgan fingerprint density at radius 3 is 2.44 bits per heavy atom. The molecular weight excluding hydrogens is 228 g/mol. The lowest BCUT2D eigenvalue weighted by Crippen LogP contribution is -2.06. The van der Waals surface area contributed by atoms with Gasteiger partial charge in [0, 0.05) is 18.4 Å². The van der Waals surface area contributed by atoms with Crippen molar-refractivity contribution in [3.63, 3.8) is 0 Å². The molecule has 0 heterocycles. The third kappa shape index (κ3) is 5.13. The van der Waals surface area contributed by atoms with Crippen LogP contribution in [0.25, 0.3) is 0 Å². The number of rotatable bonds is 8. The first-order valence-electron chi connectivity index (χ1n) is 6.37. The molecule has 0 radical (unpaired) electrons. The molecular formula is C15H20O3. The van der Waals surface area contributed by atoms with Crippen LogP contribution in [0.5, 0.6) is 5.75 Å². The van der Waals surface area contributed by atoms with E-state index in [1.807, 2.05) is 26.0 Å². The van der Waals surface area contributed by atoms with Crippen molar-refractivity contribution in [2.75, 3.05) is 0 Å². The summed E-state index contributed by atoms with van der Waals surface area (Å²) in [5.41, 5.74) is 0.706. The number of carbonyl (C=O) groups is 2. The van der Waals surface area contributed by atoms with Crippen molar-refractivity contribution in [2.45, 2.75) is 45.6 Å². The highest BCUT2D eigenvalue weighted by Gasteiger charge is 2.06. The number of aldehydes is 1. The maximum Gasteiger partial charge on any atom is 0.162 e. The first kappa shape index (κ1) is 14.4. The lowest BCUT2D eigenvalue weighted by molar-refractivity contribution is -0.107. The van der Waals surface area contributed by atoms with E-state index in [1.165, 1.54) is 0 Å². The maximum absolute atomic E-state index is 11.8. The number of carbonyl (C=O) groups excluding carboxylic acids is 2. The summed E-state index contributed by atoms with van der Waals surface area (Å²) in [6.45, 7) is 3.93. The van der Waals surface area contributed by atoms with Gasteiger partial charge in [-0.15, -0.1) is 0 Å². The van der Waals surface area contributed by atoms with Gasteiger partial charge in [-0.25, -0.2) is 0 Å². The minimum atomic E-state index is 0.122. The Morgan fingerprint density at radius 2 is 1.89 bits per heavy atom. The SMILES string of the molecule is CC(C)Oc1ccc(C(=O)CCCCC=O)cc1. The van der Waals surface area contributed by atoms with E-state index in [-0.39, 0.29) is 11.9 Å². The molecule has 0 aliphatic heterocycles. The number of Topliss-reactive ketones (excluding diaryl/α,β-unsaturated/α-hetero) is 1. The molecule has 3 heteroatoms. The topological polar surface area (TPSA) is 43.4 Å². The van der Waals surface area contributed by atoms with Gasteiger partial charge in [-0.2, -0.15) is 0 Å². The van der Waals surface area contributed by atoms with Crippen molar-refractivity contribution in [3.05, 3.63) is 29.8 Å². The zero-order valence-electron chi connectivity index (χ0n) is 11.0. The third-order valence-electron chi connectivity index (χ3n) is 2.52. The molecule has 1 aromatic rings. The summed E-state index contributed by atoms with van der Waals surface area (Å²) in [5.74, 6) is 0.902. The van der Waals surface area contributed by atoms with Gasteiger partial charge in [-0.1, -0.05) is 0 Å². The van der Waals surface area contributed by atoms with E-state index in [1.54, 1.807) is 12.1 Å². The molecule has 0 fully saturated rings. The minimum Gasteiger partial charge on any atom is -0.491 e. The van der Waals surface area contributed by atoms with Gasteiger partial charge in [0.05, 0.1) is 6.10 Å². The van der Waals surface area contributed by atoms with Crippen molar-refractivity contribution >= 4 is 12.1 Å². The van der Waals surface area contributed by atoms with Gasteiger partial charge in [-0.05, 0) is 51.0 Å². The van der Waals surface area contributed by atoms with E-state index in [2.05, 4.69) is 0 Å². The largest absolute Gasteiger partial charge is 0.491 e. The molecule has 18 heavy (non-hydrogen) atoms. The van der Waals surface area contributed by atoms with Gasteiger partial charge in [0.1, 0.15) is 12.0 Å². The second-order valence-electron chi connectivity index (χ2n) is 4.53. The quantitative estimate of drug-likeness (QED) is 0.402. The summed E-state index contributed by atoms with van der Waals surface area (Å²) in [6.07, 6.45) is 3.61. The highest BCUT2D eigenvalue weighted by molar-refractivity contribution is 5.96. The molecule has 0 N–H and O–H groups in total. The number of hydrogen-bond donors (Lipinski definition) is 0. The molecule has 0 atom stereocenters. The molecule has 0 amide bonds. The van der Waals surface area contributed by atoms with Crippen LogP contribution in [0.4, 0.5) is 0 Å². The average molecular weight is 248 g/mol. The van der Waals surface area contributed by atoms with Crippen LogP contribution in [0.3, 0.4) is 0 Å². The molecule has 1 rings (SSSR count). The lowest BCUT2D eigenvalue weighted by atomic mass is 10.0. The Kier molecular flexibility index (Phi) is 6.12. The first-order chi connectivity index (χ1) is 8.63. The second kappa shape index (κ2) is 7.64. The summed E-state index contributed by atoms with van der Waals surface area (Å²) in [6, 6.07) is 7.22. The van der Waals surface area contributed by atoms with Crippen LogP contribution in [0.2, 0.25) is 0 Å². The number of ether oxygens (including phenoxy) is 1. The van der Waals surface area contributed by atoms with Crippen molar-refractivity contribution in [2.24, 2.45) is 0 Å². The highest BCUT2D eigenvalue weighted by atomic mass is 16.5. The molecule has 0 saturated carbocycles. The number of benzene rings is 1. The highest BCUT2D eigenvalue weighted by Crippen LogP contribution is 2.15. The maximum atomic E-state index is 11.8. The predicted molar refractivity (Wildman–Crippen MR) is 71.1 cm³/mol. The van der Waals surface area contributed by atoms with Crippen molar-refractivity contribution in [3.8, 4) is 5.75 Å². The summed E-state index contributed by atoms with van der Waals surface area (Å²) >= 11 is 0. The fourth-order valence-electron chi connectivity index (χ4n) is 1.65. The Labute approximate surface area is 108 Å². The van der Waals surface area contributed by atoms with Crippen molar-refractivity contribution in [1.29, 1.82) is 0 Å². The molecule has 0 unspecified atom stereocenters. The van der Waals surface area contributed by atoms with Gasteiger partial charge in [-0.3, -0.25) is 4.79 Å². The van der Waals surface area contributed by atoms with Gasteiger partial charge in [0.2, 0.25) is 0 Å². The molecule has 0 saturated heterocycles. The molecule has 0 bridgehead atoms. The van der Waals surface area contributed by atoms with Crippen LogP contribution in [0, 0.1) is 0 Å². The zero-order valence-corrected chi connectivity index (χ0v) is 11.0. The van der Waals surface area contributed by atoms with E-state index in [0.29, 0.717) is 18.4 Å². The molecule has 1 aromatic carbocycles. The Hall–Kier alpha value is -1.64. The van der Waals surface area contributed by atoms with E-state index in [0.717, 1.165) is 24.9 Å². The van der Waals surface area contributed by atoms with Gasteiger partial charge in [0.15, 0.2) is 5.78 Å². The molecule has 0 aliphatic rings. The fraction of sp³-hybridized carbons (Fsp3) is 0.467. The van der Waals surface area contributed by atoms with Crippen LogP contribution in [-0.4, -0.2) is 18.2 Å². The monoisotopic (exact) mass is 248 g/mol. The summed E-state index contributed by atoms with van der Waals surface area (Å²) in [7, 11) is 0. The van der Waals surface area contributed by atoms with E-state index >= 15 is 0 Å². The van der Waals surface area contributed by atoms with Crippen LogP contribution >= 0.6 is 0 Å². The number of hydrogen-bond acceptors (Lipinski definition) is 3. The van der Waals surface area contributed by atoms with Crippen LogP contribution in [-0.2, 0) is 4.79 Å². The Morgan fingerprint density at radius 1 is 1.22 bits per heavy atom.